The van der Waals surface area contributed by atoms with Crippen molar-refractivity contribution in [2.45, 2.75) is 32.7 Å². The van der Waals surface area contributed by atoms with Gasteiger partial charge >= 0.3 is 0 Å². The smallest absolute Gasteiger partial charge is 0.253 e. The van der Waals surface area contributed by atoms with Crippen molar-refractivity contribution in [1.29, 1.82) is 0 Å². The van der Waals surface area contributed by atoms with Crippen LogP contribution >= 0.6 is 15.9 Å². The van der Waals surface area contributed by atoms with Gasteiger partial charge in [-0.25, -0.2) is 0 Å². The number of benzene rings is 1. The maximum Gasteiger partial charge on any atom is 0.253 e. The standard InChI is InChI=1S/C15H21BrN2O/c1-10-3-4-13(9-14(10)16)15(19)18-7-5-12(6-8-18)11(2)17/h3-4,9,11-12H,5-8,17H2,1-2H3. The van der Waals surface area contributed by atoms with Crippen molar-refractivity contribution >= 4 is 21.8 Å². The van der Waals surface area contributed by atoms with Crippen molar-refractivity contribution in [2.75, 3.05) is 13.1 Å². The zero-order valence-corrected chi connectivity index (χ0v) is 13.1. The third-order valence-corrected chi connectivity index (χ3v) is 4.84. The van der Waals surface area contributed by atoms with Crippen LogP contribution < -0.4 is 5.73 Å². The van der Waals surface area contributed by atoms with Gasteiger partial charge in [-0.15, -0.1) is 0 Å². The van der Waals surface area contributed by atoms with E-state index in [1.807, 2.05) is 30.0 Å². The van der Waals surface area contributed by atoms with Crippen LogP contribution in [0.2, 0.25) is 0 Å². The zero-order chi connectivity index (χ0) is 14.0. The predicted molar refractivity (Wildman–Crippen MR) is 81.2 cm³/mol. The van der Waals surface area contributed by atoms with E-state index < -0.39 is 0 Å². The molecule has 0 spiro atoms. The van der Waals surface area contributed by atoms with Crippen LogP contribution in [-0.4, -0.2) is 29.9 Å². The Morgan fingerprint density at radius 3 is 2.58 bits per heavy atom. The molecule has 104 valence electrons. The van der Waals surface area contributed by atoms with Crippen molar-refractivity contribution < 1.29 is 4.79 Å². The molecule has 1 aromatic rings. The maximum atomic E-state index is 12.4. The van der Waals surface area contributed by atoms with Crippen LogP contribution in [0.15, 0.2) is 22.7 Å². The Labute approximate surface area is 123 Å². The molecule has 1 aliphatic rings. The number of aryl methyl sites for hydroxylation is 1. The van der Waals surface area contributed by atoms with Crippen molar-refractivity contribution in [3.05, 3.63) is 33.8 Å². The van der Waals surface area contributed by atoms with Gasteiger partial charge in [0.2, 0.25) is 0 Å². The molecule has 0 aromatic heterocycles. The zero-order valence-electron chi connectivity index (χ0n) is 11.5. The minimum atomic E-state index is 0.129. The minimum absolute atomic E-state index is 0.129. The van der Waals surface area contributed by atoms with E-state index in [0.717, 1.165) is 41.5 Å². The second-order valence-electron chi connectivity index (χ2n) is 5.45. The van der Waals surface area contributed by atoms with E-state index in [2.05, 4.69) is 22.9 Å². The fraction of sp³-hybridized carbons (Fsp3) is 0.533. The average molecular weight is 325 g/mol. The van der Waals surface area contributed by atoms with Gasteiger partial charge < -0.3 is 10.6 Å². The molecule has 1 amide bonds. The summed E-state index contributed by atoms with van der Waals surface area (Å²) in [6.45, 7) is 5.71. The van der Waals surface area contributed by atoms with E-state index in [4.69, 9.17) is 5.73 Å². The van der Waals surface area contributed by atoms with E-state index in [-0.39, 0.29) is 11.9 Å². The molecule has 1 atom stereocenters. The molecule has 19 heavy (non-hydrogen) atoms. The molecule has 4 heteroatoms. The Morgan fingerprint density at radius 1 is 1.42 bits per heavy atom. The summed E-state index contributed by atoms with van der Waals surface area (Å²) in [7, 11) is 0. The fourth-order valence-electron chi connectivity index (χ4n) is 2.54. The molecule has 3 nitrogen and oxygen atoms in total. The number of carbonyl (C=O) groups is 1. The molecule has 2 N–H and O–H groups in total. The third kappa shape index (κ3) is 3.37. The molecule has 1 fully saturated rings. The molecule has 1 saturated heterocycles. The van der Waals surface area contributed by atoms with Gasteiger partial charge in [0.25, 0.3) is 5.91 Å². The lowest BCUT2D eigenvalue weighted by atomic mass is 9.90. The van der Waals surface area contributed by atoms with Crippen molar-refractivity contribution in [3.8, 4) is 0 Å². The number of nitrogens with zero attached hydrogens (tertiary/aromatic N) is 1. The van der Waals surface area contributed by atoms with Crippen molar-refractivity contribution in [1.82, 2.24) is 4.90 Å². The van der Waals surface area contributed by atoms with E-state index in [1.165, 1.54) is 0 Å². The number of rotatable bonds is 2. The van der Waals surface area contributed by atoms with Crippen molar-refractivity contribution in [2.24, 2.45) is 11.7 Å². The normalized spacial score (nSPS) is 18.4. The Morgan fingerprint density at radius 2 is 2.05 bits per heavy atom. The Balaban J connectivity index is 2.03. The summed E-state index contributed by atoms with van der Waals surface area (Å²) in [6.07, 6.45) is 2.02. The summed E-state index contributed by atoms with van der Waals surface area (Å²) in [4.78, 5) is 14.4. The van der Waals surface area contributed by atoms with E-state index in [1.54, 1.807) is 0 Å². The number of piperidine rings is 1. The SMILES string of the molecule is Cc1ccc(C(=O)N2CCC(C(C)N)CC2)cc1Br. The Kier molecular flexibility index (Phi) is 4.63. The number of amides is 1. The molecular formula is C15H21BrN2O. The van der Waals surface area contributed by atoms with Crippen LogP contribution in [0.4, 0.5) is 0 Å². The van der Waals surface area contributed by atoms with Gasteiger partial charge in [0, 0.05) is 29.2 Å². The largest absolute Gasteiger partial charge is 0.339 e. The summed E-state index contributed by atoms with van der Waals surface area (Å²) < 4.78 is 0.990. The summed E-state index contributed by atoms with van der Waals surface area (Å²) in [5.74, 6) is 0.678. The Bertz CT molecular complexity index is 465. The summed E-state index contributed by atoms with van der Waals surface area (Å²) in [5.41, 5.74) is 7.83. The highest BCUT2D eigenvalue weighted by atomic mass is 79.9. The second-order valence-corrected chi connectivity index (χ2v) is 6.31. The molecule has 0 bridgehead atoms. The lowest BCUT2D eigenvalue weighted by Gasteiger charge is -2.33. The Hall–Kier alpha value is -0.870. The first-order valence-electron chi connectivity index (χ1n) is 6.80. The average Bonchev–Trinajstić information content (AvgIpc) is 2.41. The van der Waals surface area contributed by atoms with Crippen molar-refractivity contribution in [3.63, 3.8) is 0 Å². The number of carbonyl (C=O) groups excluding carboxylic acids is 1. The molecule has 2 rings (SSSR count). The first kappa shape index (κ1) is 14.5. The van der Waals surface area contributed by atoms with E-state index in [9.17, 15) is 4.79 Å². The van der Waals surface area contributed by atoms with Gasteiger partial charge in [-0.2, -0.15) is 0 Å². The highest BCUT2D eigenvalue weighted by molar-refractivity contribution is 9.10. The van der Waals surface area contributed by atoms with Crippen LogP contribution in [-0.2, 0) is 0 Å². The van der Waals surface area contributed by atoms with Gasteiger partial charge in [0.15, 0.2) is 0 Å². The van der Waals surface area contributed by atoms with Gasteiger partial charge in [0.05, 0.1) is 0 Å². The number of hydrogen-bond acceptors (Lipinski definition) is 2. The first-order valence-corrected chi connectivity index (χ1v) is 7.59. The van der Waals surface area contributed by atoms with Crippen LogP contribution in [0.25, 0.3) is 0 Å². The number of nitrogens with two attached hydrogens (primary N) is 1. The lowest BCUT2D eigenvalue weighted by molar-refractivity contribution is 0.0681. The lowest BCUT2D eigenvalue weighted by Crippen LogP contribution is -2.42. The van der Waals surface area contributed by atoms with Gasteiger partial charge in [-0.05, 0) is 50.3 Å². The van der Waals surface area contributed by atoms with Gasteiger partial charge in [-0.3, -0.25) is 4.79 Å². The highest BCUT2D eigenvalue weighted by Gasteiger charge is 2.25. The molecule has 1 unspecified atom stereocenters. The quantitative estimate of drug-likeness (QED) is 0.909. The molecule has 0 radical (unpaired) electrons. The van der Waals surface area contributed by atoms with Crippen LogP contribution in [0.5, 0.6) is 0 Å². The van der Waals surface area contributed by atoms with Crippen LogP contribution in [0.3, 0.4) is 0 Å². The molecule has 0 aliphatic carbocycles. The minimum Gasteiger partial charge on any atom is -0.339 e. The number of halogens is 1. The van der Waals surface area contributed by atoms with Crippen LogP contribution in [0.1, 0.15) is 35.7 Å². The van der Waals surface area contributed by atoms with Crippen LogP contribution in [0, 0.1) is 12.8 Å². The summed E-state index contributed by atoms with van der Waals surface area (Å²) >= 11 is 3.48. The molecule has 1 aliphatic heterocycles. The molecule has 1 heterocycles. The molecular weight excluding hydrogens is 304 g/mol. The summed E-state index contributed by atoms with van der Waals surface area (Å²) in [6, 6.07) is 6.02. The van der Waals surface area contributed by atoms with Gasteiger partial charge in [0.1, 0.15) is 0 Å². The second kappa shape index (κ2) is 6.06. The summed E-state index contributed by atoms with van der Waals surface area (Å²) in [5, 5.41) is 0. The topological polar surface area (TPSA) is 46.3 Å². The number of likely N-dealkylation sites (tertiary alicyclic amines) is 1. The molecule has 0 saturated carbocycles. The predicted octanol–water partition coefficient (Wildman–Crippen LogP) is 2.96. The fourth-order valence-corrected chi connectivity index (χ4v) is 2.92. The van der Waals surface area contributed by atoms with Gasteiger partial charge in [-0.1, -0.05) is 22.0 Å². The third-order valence-electron chi connectivity index (χ3n) is 3.99. The van der Waals surface area contributed by atoms with E-state index >= 15 is 0 Å². The highest BCUT2D eigenvalue weighted by Crippen LogP contribution is 2.23. The monoisotopic (exact) mass is 324 g/mol. The van der Waals surface area contributed by atoms with E-state index in [0.29, 0.717) is 5.92 Å². The maximum absolute atomic E-state index is 12.4. The number of hydrogen-bond donors (Lipinski definition) is 1. The first-order chi connectivity index (χ1) is 8.99. The molecule has 1 aromatic carbocycles.